The minimum Gasteiger partial charge on any atom is -0.352 e. The quantitative estimate of drug-likeness (QED) is 0.405. The van der Waals surface area contributed by atoms with Crippen LogP contribution in [0.1, 0.15) is 33.1 Å². The highest BCUT2D eigenvalue weighted by molar-refractivity contribution is 6.34. The van der Waals surface area contributed by atoms with E-state index in [2.05, 4.69) is 32.0 Å². The Morgan fingerprint density at radius 2 is 2.11 bits per heavy atom. The molecule has 3 aromatic rings. The molecule has 3 N–H and O–H groups in total. The maximum atomic E-state index is 13.5. The summed E-state index contributed by atoms with van der Waals surface area (Å²) in [6.07, 6.45) is 3.76. The van der Waals surface area contributed by atoms with Crippen LogP contribution in [0.4, 0.5) is 18.9 Å². The van der Waals surface area contributed by atoms with Gasteiger partial charge < -0.3 is 20.5 Å². The number of rotatable bonds is 7. The van der Waals surface area contributed by atoms with Crippen LogP contribution in [0.25, 0.3) is 11.3 Å². The maximum absolute atomic E-state index is 13.5. The molecule has 2 amide bonds. The minimum atomic E-state index is -4.74. The Bertz CT molecular complexity index is 1370. The second-order valence-corrected chi connectivity index (χ2v) is 8.94. The summed E-state index contributed by atoms with van der Waals surface area (Å²) in [4.78, 5) is 29.3. The number of amides is 2. The Morgan fingerprint density at radius 1 is 1.32 bits per heavy atom. The van der Waals surface area contributed by atoms with E-state index in [1.165, 1.54) is 29.8 Å². The summed E-state index contributed by atoms with van der Waals surface area (Å²) in [5.74, 6) is 1.45. The van der Waals surface area contributed by atoms with Crippen LogP contribution in [-0.4, -0.2) is 50.8 Å². The molecule has 37 heavy (non-hydrogen) atoms. The number of terminal acetylenes is 1. The minimum absolute atomic E-state index is 0.0308. The summed E-state index contributed by atoms with van der Waals surface area (Å²) >= 11 is 6.28. The summed E-state index contributed by atoms with van der Waals surface area (Å²) in [5, 5.41) is 12.4. The molecule has 1 saturated heterocycles. The second-order valence-electron chi connectivity index (χ2n) is 8.53. The van der Waals surface area contributed by atoms with Crippen LogP contribution in [0.2, 0.25) is 5.02 Å². The number of hydrogen-bond donors (Lipinski definition) is 3. The summed E-state index contributed by atoms with van der Waals surface area (Å²) in [6.45, 7) is 2.14. The average Bonchev–Trinajstić information content (AvgIpc) is 3.57. The largest absolute Gasteiger partial charge is 0.435 e. The Labute approximate surface area is 215 Å². The zero-order chi connectivity index (χ0) is 26.7. The van der Waals surface area contributed by atoms with Crippen LogP contribution in [0.15, 0.2) is 30.6 Å². The fourth-order valence-electron chi connectivity index (χ4n) is 4.05. The third-order valence-corrected chi connectivity index (χ3v) is 6.25. The van der Waals surface area contributed by atoms with Crippen LogP contribution in [0.5, 0.6) is 0 Å². The molecule has 4 rings (SSSR count). The number of alkyl halides is 3. The van der Waals surface area contributed by atoms with Gasteiger partial charge in [0.15, 0.2) is 11.5 Å². The molecule has 13 heteroatoms. The first-order valence-electron chi connectivity index (χ1n) is 11.3. The van der Waals surface area contributed by atoms with Gasteiger partial charge >= 0.3 is 6.18 Å². The van der Waals surface area contributed by atoms with Crippen molar-refractivity contribution in [3.8, 4) is 23.6 Å². The van der Waals surface area contributed by atoms with E-state index in [0.29, 0.717) is 12.5 Å². The van der Waals surface area contributed by atoms with E-state index in [-0.39, 0.29) is 45.8 Å². The zero-order valence-electron chi connectivity index (χ0n) is 19.7. The molecule has 1 aromatic carbocycles. The first-order valence-corrected chi connectivity index (χ1v) is 11.7. The lowest BCUT2D eigenvalue weighted by atomic mass is 10.1. The third kappa shape index (κ3) is 5.79. The van der Waals surface area contributed by atoms with E-state index in [1.54, 1.807) is 0 Å². The van der Waals surface area contributed by atoms with Crippen LogP contribution in [0.3, 0.4) is 0 Å². The fourth-order valence-corrected chi connectivity index (χ4v) is 4.31. The van der Waals surface area contributed by atoms with Crippen LogP contribution >= 0.6 is 11.6 Å². The van der Waals surface area contributed by atoms with Crippen molar-refractivity contribution in [2.75, 3.05) is 25.0 Å². The molecule has 0 spiro atoms. The van der Waals surface area contributed by atoms with E-state index >= 15 is 0 Å². The molecule has 194 valence electrons. The van der Waals surface area contributed by atoms with Gasteiger partial charge in [0, 0.05) is 25.5 Å². The van der Waals surface area contributed by atoms with Gasteiger partial charge in [-0.25, -0.2) is 4.98 Å². The van der Waals surface area contributed by atoms with Crippen LogP contribution in [-0.2, 0) is 19.8 Å². The van der Waals surface area contributed by atoms with Gasteiger partial charge in [-0.15, -0.1) is 6.42 Å². The average molecular weight is 534 g/mol. The van der Waals surface area contributed by atoms with E-state index in [1.807, 2.05) is 0 Å². The van der Waals surface area contributed by atoms with Crippen molar-refractivity contribution in [1.82, 2.24) is 30.0 Å². The number of hydrogen-bond acceptors (Lipinski definition) is 5. The molecule has 3 heterocycles. The van der Waals surface area contributed by atoms with Gasteiger partial charge in [-0.05, 0) is 43.6 Å². The van der Waals surface area contributed by atoms with Crippen molar-refractivity contribution in [3.05, 3.63) is 52.7 Å². The van der Waals surface area contributed by atoms with Crippen LogP contribution < -0.4 is 16.0 Å². The van der Waals surface area contributed by atoms with Gasteiger partial charge in [0.25, 0.3) is 11.8 Å². The number of nitrogens with one attached hydrogen (secondary N) is 3. The van der Waals surface area contributed by atoms with Crippen molar-refractivity contribution in [2.24, 2.45) is 13.0 Å². The molecule has 1 aliphatic rings. The highest BCUT2D eigenvalue weighted by atomic mass is 35.5. The van der Waals surface area contributed by atoms with Gasteiger partial charge in [-0.1, -0.05) is 17.5 Å². The number of anilines is 1. The van der Waals surface area contributed by atoms with Crippen molar-refractivity contribution in [1.29, 1.82) is 0 Å². The summed E-state index contributed by atoms with van der Waals surface area (Å²) in [6, 6.07) is 4.41. The molecule has 0 unspecified atom stereocenters. The molecule has 0 aliphatic carbocycles. The lowest BCUT2D eigenvalue weighted by Crippen LogP contribution is -2.30. The molecule has 1 atom stereocenters. The predicted octanol–water partition coefficient (Wildman–Crippen LogP) is 3.18. The summed E-state index contributed by atoms with van der Waals surface area (Å²) < 4.78 is 42.9. The van der Waals surface area contributed by atoms with Crippen LogP contribution in [0, 0.1) is 18.3 Å². The third-order valence-electron chi connectivity index (χ3n) is 5.94. The number of halogens is 4. The van der Waals surface area contributed by atoms with Gasteiger partial charge in [0.2, 0.25) is 0 Å². The van der Waals surface area contributed by atoms with E-state index in [4.69, 9.17) is 18.0 Å². The Kier molecular flexibility index (Phi) is 7.56. The standard InChI is InChI=1S/C24H23ClF3N7O2/c1-3-8-35-13-17(20(33-35)24(26,27)28)19-12-30-21(34(19)2)23(37)32-15-4-5-16(18(25)9-15)22(36)31-11-14-6-7-29-10-14/h1,4-5,9,12-14,29H,6-8,10-11H2,2H3,(H,31,36)(H,32,37)/t14-/m1/s1. The fraction of sp³-hybridized carbons (Fsp3) is 0.333. The molecule has 1 aliphatic heterocycles. The number of nitrogens with zero attached hydrogens (tertiary/aromatic N) is 4. The molecule has 0 radical (unpaired) electrons. The number of benzene rings is 1. The highest BCUT2D eigenvalue weighted by Gasteiger charge is 2.38. The van der Waals surface area contributed by atoms with Gasteiger partial charge in [0.1, 0.15) is 6.54 Å². The molecule has 9 nitrogen and oxygen atoms in total. The summed E-state index contributed by atoms with van der Waals surface area (Å²) in [5.41, 5.74) is -0.822. The number of imidazole rings is 1. The van der Waals surface area contributed by atoms with E-state index in [0.717, 1.165) is 36.6 Å². The van der Waals surface area contributed by atoms with E-state index in [9.17, 15) is 22.8 Å². The number of carbonyl (C=O) groups excluding carboxylic acids is 2. The van der Waals surface area contributed by atoms with Crippen molar-refractivity contribution >= 4 is 29.1 Å². The SMILES string of the molecule is C#CCn1cc(-c2cnc(C(=O)Nc3ccc(C(=O)NC[C@@H]4CCNC4)c(Cl)c3)n2C)c(C(F)(F)F)n1. The topological polar surface area (TPSA) is 106 Å². The Hall–Kier alpha value is -3.82. The lowest BCUT2D eigenvalue weighted by molar-refractivity contribution is -0.141. The van der Waals surface area contributed by atoms with Gasteiger partial charge in [-0.2, -0.15) is 18.3 Å². The normalized spacial score (nSPS) is 15.4. The molecule has 0 saturated carbocycles. The molecular weight excluding hydrogens is 511 g/mol. The first kappa shape index (κ1) is 26.2. The first-order chi connectivity index (χ1) is 17.6. The van der Waals surface area contributed by atoms with E-state index < -0.39 is 17.8 Å². The Balaban J connectivity index is 1.49. The van der Waals surface area contributed by atoms with Gasteiger partial charge in [-0.3, -0.25) is 14.3 Å². The van der Waals surface area contributed by atoms with Crippen molar-refractivity contribution < 1.29 is 22.8 Å². The highest BCUT2D eigenvalue weighted by Crippen LogP contribution is 2.36. The zero-order valence-corrected chi connectivity index (χ0v) is 20.5. The lowest BCUT2D eigenvalue weighted by Gasteiger charge is -2.12. The predicted molar refractivity (Wildman–Crippen MR) is 131 cm³/mol. The molecule has 2 aromatic heterocycles. The molecule has 0 bridgehead atoms. The smallest absolute Gasteiger partial charge is 0.352 e. The van der Waals surface area contributed by atoms with Crippen molar-refractivity contribution in [3.63, 3.8) is 0 Å². The molecular formula is C24H23ClF3N7O2. The summed E-state index contributed by atoms with van der Waals surface area (Å²) in [7, 11) is 1.41. The number of carbonyl (C=O) groups is 2. The number of aromatic nitrogens is 4. The van der Waals surface area contributed by atoms with Crippen molar-refractivity contribution in [2.45, 2.75) is 19.1 Å². The maximum Gasteiger partial charge on any atom is 0.435 e. The second kappa shape index (κ2) is 10.7. The molecule has 1 fully saturated rings. The monoisotopic (exact) mass is 533 g/mol. The van der Waals surface area contributed by atoms with Gasteiger partial charge in [0.05, 0.1) is 28.0 Å². The Morgan fingerprint density at radius 3 is 2.76 bits per heavy atom.